The average molecular weight is 559 g/mol. The second-order valence-electron chi connectivity index (χ2n) is 9.06. The fourth-order valence-electron chi connectivity index (χ4n) is 4.73. The van der Waals surface area contributed by atoms with Crippen LogP contribution in [0.4, 0.5) is 0 Å². The van der Waals surface area contributed by atoms with Crippen LogP contribution in [0.15, 0.2) is 80.1 Å². The van der Waals surface area contributed by atoms with Gasteiger partial charge >= 0.3 is 11.9 Å². The third-order valence-corrected chi connectivity index (χ3v) is 7.66. The first-order valence-corrected chi connectivity index (χ1v) is 13.3. The van der Waals surface area contributed by atoms with E-state index in [1.165, 1.54) is 22.0 Å². The summed E-state index contributed by atoms with van der Waals surface area (Å²) in [5, 5.41) is 9.46. The largest absolute Gasteiger partial charge is 0.497 e. The normalized spacial score (nSPS) is 15.0. The second-order valence-corrected chi connectivity index (χ2v) is 10.1. The van der Waals surface area contributed by atoms with Crippen LogP contribution in [0.5, 0.6) is 5.75 Å². The Kier molecular flexibility index (Phi) is 7.27. The summed E-state index contributed by atoms with van der Waals surface area (Å²) in [7, 11) is 1.57. The first-order valence-electron chi connectivity index (χ1n) is 12.5. The average Bonchev–Trinajstić information content (AvgIpc) is 3.52. The number of rotatable bonds is 7. The summed E-state index contributed by atoms with van der Waals surface area (Å²) in [4.78, 5) is 43.4. The zero-order valence-corrected chi connectivity index (χ0v) is 23.1. The Balaban J connectivity index is 1.62. The van der Waals surface area contributed by atoms with Crippen molar-refractivity contribution in [2.24, 2.45) is 4.99 Å². The van der Waals surface area contributed by atoms with Gasteiger partial charge in [-0.05, 0) is 62.2 Å². The van der Waals surface area contributed by atoms with Gasteiger partial charge in [-0.2, -0.15) is 0 Å². The van der Waals surface area contributed by atoms with E-state index >= 15 is 0 Å². The molecule has 9 nitrogen and oxygen atoms in total. The predicted molar refractivity (Wildman–Crippen MR) is 149 cm³/mol. The number of allylic oxidation sites excluding steroid dienone is 1. The van der Waals surface area contributed by atoms with E-state index < -0.39 is 18.0 Å². The van der Waals surface area contributed by atoms with Gasteiger partial charge in [-0.15, -0.1) is 0 Å². The number of thiazole rings is 1. The number of aromatic carboxylic acids is 1. The van der Waals surface area contributed by atoms with E-state index in [1.807, 2.05) is 12.1 Å². The zero-order valence-electron chi connectivity index (χ0n) is 22.3. The van der Waals surface area contributed by atoms with Crippen molar-refractivity contribution < 1.29 is 28.6 Å². The van der Waals surface area contributed by atoms with Crippen molar-refractivity contribution in [1.29, 1.82) is 0 Å². The minimum absolute atomic E-state index is 0.186. The van der Waals surface area contributed by atoms with Crippen LogP contribution in [0.1, 0.15) is 47.1 Å². The van der Waals surface area contributed by atoms with Gasteiger partial charge in [-0.1, -0.05) is 35.6 Å². The van der Waals surface area contributed by atoms with Crippen LogP contribution in [0.3, 0.4) is 0 Å². The van der Waals surface area contributed by atoms with Crippen molar-refractivity contribution in [3.05, 3.63) is 108 Å². The molecule has 1 aliphatic rings. The number of carbonyl (C=O) groups is 2. The molecule has 40 heavy (non-hydrogen) atoms. The third-order valence-electron chi connectivity index (χ3n) is 6.68. The molecule has 0 unspecified atom stereocenters. The molecule has 0 aliphatic carbocycles. The maximum Gasteiger partial charge on any atom is 0.338 e. The summed E-state index contributed by atoms with van der Waals surface area (Å²) in [5.74, 6) is -0.00388. The smallest absolute Gasteiger partial charge is 0.338 e. The summed E-state index contributed by atoms with van der Waals surface area (Å²) in [5.41, 5.74) is 2.56. The SMILES string of the molecule is CCOC(=O)C1=C(C)N=c2s/c(=C\c3ccc(-c4cccc(C(=O)O)c4C)o3)c(=O)n2[C@H]1c1ccc(OC)cc1. The number of methoxy groups -OCH3 is 1. The zero-order chi connectivity index (χ0) is 28.6. The fourth-order valence-corrected chi connectivity index (χ4v) is 5.76. The highest BCUT2D eigenvalue weighted by atomic mass is 32.1. The number of aromatic nitrogens is 1. The summed E-state index contributed by atoms with van der Waals surface area (Å²) in [6, 6.07) is 14.9. The standard InChI is InChI=1S/C30H26N2O7S/c1-5-38-29(36)25-17(3)31-30-32(26(25)18-9-11-19(37-4)12-10-18)27(33)24(40-30)15-20-13-14-23(39-20)21-7-6-8-22(16(21)2)28(34)35/h6-15,26H,5H2,1-4H3,(H,34,35)/b24-15-/t26-/m0/s1. The van der Waals surface area contributed by atoms with Crippen LogP contribution in [-0.2, 0) is 9.53 Å². The van der Waals surface area contributed by atoms with Crippen molar-refractivity contribution >= 4 is 29.4 Å². The van der Waals surface area contributed by atoms with Gasteiger partial charge in [0.15, 0.2) is 4.80 Å². The molecule has 0 saturated heterocycles. The van der Waals surface area contributed by atoms with Crippen LogP contribution >= 0.6 is 11.3 Å². The van der Waals surface area contributed by atoms with Crippen LogP contribution in [0, 0.1) is 6.92 Å². The predicted octanol–water partition coefficient (Wildman–Crippen LogP) is 4.07. The Bertz CT molecular complexity index is 1840. The topological polar surface area (TPSA) is 120 Å². The van der Waals surface area contributed by atoms with Crippen molar-refractivity contribution in [3.8, 4) is 17.1 Å². The van der Waals surface area contributed by atoms with E-state index in [2.05, 4.69) is 4.99 Å². The number of benzene rings is 2. The lowest BCUT2D eigenvalue weighted by Gasteiger charge is -2.24. The van der Waals surface area contributed by atoms with Crippen molar-refractivity contribution in [2.75, 3.05) is 13.7 Å². The monoisotopic (exact) mass is 558 g/mol. The number of nitrogens with zero attached hydrogens (tertiary/aromatic N) is 2. The van der Waals surface area contributed by atoms with Gasteiger partial charge in [0, 0.05) is 11.6 Å². The van der Waals surface area contributed by atoms with E-state index in [0.717, 1.165) is 0 Å². The molecule has 1 N–H and O–H groups in total. The van der Waals surface area contributed by atoms with Crippen molar-refractivity contribution in [2.45, 2.75) is 26.8 Å². The number of carbonyl (C=O) groups excluding carboxylic acids is 1. The van der Waals surface area contributed by atoms with Gasteiger partial charge in [0.2, 0.25) is 0 Å². The number of furan rings is 1. The summed E-state index contributed by atoms with van der Waals surface area (Å²) in [6.07, 6.45) is 1.62. The number of hydrogen-bond acceptors (Lipinski definition) is 8. The molecule has 3 heterocycles. The van der Waals surface area contributed by atoms with E-state index in [-0.39, 0.29) is 17.7 Å². The lowest BCUT2D eigenvalue weighted by atomic mass is 9.96. The minimum atomic E-state index is -1.02. The molecule has 0 fully saturated rings. The van der Waals surface area contributed by atoms with Crippen molar-refractivity contribution in [1.82, 2.24) is 4.57 Å². The molecule has 1 aliphatic heterocycles. The summed E-state index contributed by atoms with van der Waals surface area (Å²) < 4.78 is 18.5. The number of esters is 1. The molecule has 0 spiro atoms. The molecular formula is C30H26N2O7S. The lowest BCUT2D eigenvalue weighted by Crippen LogP contribution is -2.39. The van der Waals surface area contributed by atoms with Gasteiger partial charge in [0.1, 0.15) is 17.3 Å². The Hall–Kier alpha value is -4.70. The molecule has 10 heteroatoms. The molecule has 1 atom stereocenters. The van der Waals surface area contributed by atoms with Crippen LogP contribution in [-0.4, -0.2) is 35.3 Å². The highest BCUT2D eigenvalue weighted by Crippen LogP contribution is 2.32. The highest BCUT2D eigenvalue weighted by molar-refractivity contribution is 7.07. The molecule has 0 bridgehead atoms. The van der Waals surface area contributed by atoms with Gasteiger partial charge in [-0.25, -0.2) is 14.6 Å². The van der Waals surface area contributed by atoms with Crippen molar-refractivity contribution in [3.63, 3.8) is 0 Å². The Morgan fingerprint density at radius 2 is 1.88 bits per heavy atom. The molecule has 2 aromatic carbocycles. The molecule has 5 rings (SSSR count). The number of ether oxygens (including phenoxy) is 2. The summed E-state index contributed by atoms with van der Waals surface area (Å²) >= 11 is 1.19. The molecule has 0 radical (unpaired) electrons. The van der Waals surface area contributed by atoms with Gasteiger partial charge in [0.25, 0.3) is 5.56 Å². The molecule has 4 aromatic rings. The van der Waals surface area contributed by atoms with E-state index in [4.69, 9.17) is 13.9 Å². The Labute approximate surface area is 232 Å². The van der Waals surface area contributed by atoms with Crippen LogP contribution in [0.2, 0.25) is 0 Å². The van der Waals surface area contributed by atoms with E-state index in [0.29, 0.717) is 54.6 Å². The number of carboxylic acids is 1. The van der Waals surface area contributed by atoms with Crippen LogP contribution in [0.25, 0.3) is 17.4 Å². The number of hydrogen-bond donors (Lipinski definition) is 1. The third kappa shape index (κ3) is 4.77. The number of fused-ring (bicyclic) bond motifs is 1. The van der Waals surface area contributed by atoms with Crippen LogP contribution < -0.4 is 19.6 Å². The molecular weight excluding hydrogens is 532 g/mol. The molecule has 0 saturated carbocycles. The van der Waals surface area contributed by atoms with E-state index in [1.54, 1.807) is 70.4 Å². The fraction of sp³-hybridized carbons (Fsp3) is 0.200. The number of carboxylic acid groups (broad SMARTS) is 1. The molecule has 0 amide bonds. The van der Waals surface area contributed by atoms with E-state index in [9.17, 15) is 19.5 Å². The first kappa shape index (κ1) is 26.9. The van der Waals surface area contributed by atoms with Gasteiger partial charge in [-0.3, -0.25) is 9.36 Å². The first-order chi connectivity index (χ1) is 19.2. The Morgan fingerprint density at radius 3 is 2.55 bits per heavy atom. The van der Waals surface area contributed by atoms with Gasteiger partial charge in [0.05, 0.1) is 41.1 Å². The second kappa shape index (κ2) is 10.8. The minimum Gasteiger partial charge on any atom is -0.497 e. The lowest BCUT2D eigenvalue weighted by molar-refractivity contribution is -0.139. The quantitative estimate of drug-likeness (QED) is 0.340. The highest BCUT2D eigenvalue weighted by Gasteiger charge is 2.33. The van der Waals surface area contributed by atoms with Gasteiger partial charge < -0.3 is 19.0 Å². The Morgan fingerprint density at radius 1 is 1.12 bits per heavy atom. The molecule has 204 valence electrons. The maximum absolute atomic E-state index is 13.8. The molecule has 2 aromatic heterocycles. The maximum atomic E-state index is 13.8. The summed E-state index contributed by atoms with van der Waals surface area (Å²) in [6.45, 7) is 5.36.